The van der Waals surface area contributed by atoms with Gasteiger partial charge in [-0.1, -0.05) is 35.9 Å². The summed E-state index contributed by atoms with van der Waals surface area (Å²) in [5, 5.41) is 9.68. The van der Waals surface area contributed by atoms with Crippen molar-refractivity contribution in [3.05, 3.63) is 64.5 Å². The van der Waals surface area contributed by atoms with Crippen molar-refractivity contribution in [2.75, 3.05) is 6.61 Å². The monoisotopic (exact) mass is 526 g/mol. The van der Waals surface area contributed by atoms with Gasteiger partial charge in [0.05, 0.1) is 17.9 Å². The zero-order valence-corrected chi connectivity index (χ0v) is 23.6. The number of esters is 1. The van der Waals surface area contributed by atoms with E-state index in [2.05, 4.69) is 12.1 Å². The highest BCUT2D eigenvalue weighted by Gasteiger charge is 2.48. The molecule has 1 aliphatic rings. The lowest BCUT2D eigenvalue weighted by Gasteiger charge is -2.47. The summed E-state index contributed by atoms with van der Waals surface area (Å²) in [6, 6.07) is 9.21. The summed E-state index contributed by atoms with van der Waals surface area (Å²) < 4.78 is 31.8. The van der Waals surface area contributed by atoms with E-state index >= 15 is 0 Å². The number of carboxylic acids is 1. The maximum Gasteiger partial charge on any atom is 0.311 e. The Labute approximate surface area is 224 Å². The van der Waals surface area contributed by atoms with Gasteiger partial charge in [-0.2, -0.15) is 0 Å². The summed E-state index contributed by atoms with van der Waals surface area (Å²) in [7, 11) is 0. The van der Waals surface area contributed by atoms with Crippen LogP contribution < -0.4 is 0 Å². The Morgan fingerprint density at radius 1 is 1.13 bits per heavy atom. The van der Waals surface area contributed by atoms with Crippen molar-refractivity contribution in [3.63, 3.8) is 0 Å². The summed E-state index contributed by atoms with van der Waals surface area (Å²) in [5.41, 5.74) is 3.51. The maximum absolute atomic E-state index is 14.0. The number of rotatable bonds is 7. The number of carbonyl (C=O) groups is 2. The smallest absolute Gasteiger partial charge is 0.311 e. The van der Waals surface area contributed by atoms with Gasteiger partial charge in [-0.3, -0.25) is 9.59 Å². The molecule has 0 aromatic heterocycles. The van der Waals surface area contributed by atoms with Gasteiger partial charge in [-0.15, -0.1) is 0 Å². The zero-order valence-electron chi connectivity index (χ0n) is 23.6. The standard InChI is InChI=1S/C31H39FO6/c1-19-13-20(2)24(25(14-19)22-9-12-26(32)21(3)15-22)11-10-23-16-31(17-27(33)34,38-30(7,8)37-23)18-36-28(35)29(4,5)6/h9-15,23H,16-18H2,1-8H3,(H,33,34)/t23-,31-/m1/s1. The van der Waals surface area contributed by atoms with Crippen LogP contribution in [0.4, 0.5) is 4.39 Å². The molecule has 38 heavy (non-hydrogen) atoms. The Morgan fingerprint density at radius 3 is 2.42 bits per heavy atom. The fourth-order valence-electron chi connectivity index (χ4n) is 4.86. The Balaban J connectivity index is 1.98. The van der Waals surface area contributed by atoms with Crippen molar-refractivity contribution >= 4 is 18.0 Å². The molecule has 1 heterocycles. The van der Waals surface area contributed by atoms with E-state index < -0.39 is 34.8 Å². The number of carbonyl (C=O) groups excluding carboxylic acids is 1. The number of hydrogen-bond donors (Lipinski definition) is 1. The van der Waals surface area contributed by atoms with Gasteiger partial charge in [0.25, 0.3) is 0 Å². The summed E-state index contributed by atoms with van der Waals surface area (Å²) in [6.45, 7) is 14.2. The minimum absolute atomic E-state index is 0.187. The molecule has 7 heteroatoms. The molecule has 1 saturated heterocycles. The third-order valence-corrected chi connectivity index (χ3v) is 6.50. The van der Waals surface area contributed by atoms with Crippen LogP contribution in [0.5, 0.6) is 0 Å². The molecule has 1 fully saturated rings. The molecule has 2 aromatic rings. The molecule has 0 radical (unpaired) electrons. The third kappa shape index (κ3) is 7.29. The number of aryl methyl sites for hydroxylation is 3. The Kier molecular flexibility index (Phi) is 8.54. The highest BCUT2D eigenvalue weighted by Crippen LogP contribution is 2.39. The molecule has 2 atom stereocenters. The Bertz CT molecular complexity index is 1240. The van der Waals surface area contributed by atoms with E-state index in [4.69, 9.17) is 14.2 Å². The molecular weight excluding hydrogens is 487 g/mol. The van der Waals surface area contributed by atoms with Gasteiger partial charge in [0.15, 0.2) is 5.79 Å². The van der Waals surface area contributed by atoms with Crippen LogP contribution in [0.25, 0.3) is 17.2 Å². The van der Waals surface area contributed by atoms with Crippen molar-refractivity contribution in [1.29, 1.82) is 0 Å². The van der Waals surface area contributed by atoms with Gasteiger partial charge < -0.3 is 19.3 Å². The number of benzene rings is 2. The van der Waals surface area contributed by atoms with Crippen molar-refractivity contribution in [1.82, 2.24) is 0 Å². The van der Waals surface area contributed by atoms with Crippen molar-refractivity contribution < 1.29 is 33.3 Å². The van der Waals surface area contributed by atoms with Crippen LogP contribution in [0.1, 0.15) is 69.7 Å². The Hall–Kier alpha value is -3.03. The van der Waals surface area contributed by atoms with Crippen LogP contribution in [0.3, 0.4) is 0 Å². The van der Waals surface area contributed by atoms with E-state index in [1.54, 1.807) is 47.6 Å². The zero-order chi connectivity index (χ0) is 28.5. The SMILES string of the molecule is Cc1cc(C)c(C=C[C@@H]2C[C@](COC(=O)C(C)(C)C)(CC(=O)O)OC(C)(C)O2)c(-c2ccc(F)c(C)c2)c1. The van der Waals surface area contributed by atoms with Gasteiger partial charge in [0, 0.05) is 6.42 Å². The molecule has 1 N–H and O–H groups in total. The summed E-state index contributed by atoms with van der Waals surface area (Å²) in [5.74, 6) is -2.86. The van der Waals surface area contributed by atoms with Gasteiger partial charge in [0.2, 0.25) is 0 Å². The first-order chi connectivity index (χ1) is 17.5. The predicted octanol–water partition coefficient (Wildman–Crippen LogP) is 6.78. The number of hydrogen-bond acceptors (Lipinski definition) is 5. The average molecular weight is 527 g/mol. The number of ether oxygens (including phenoxy) is 3. The molecule has 206 valence electrons. The highest BCUT2D eigenvalue weighted by atomic mass is 19.1. The second-order valence-corrected chi connectivity index (χ2v) is 11.8. The average Bonchev–Trinajstić information content (AvgIpc) is 2.76. The summed E-state index contributed by atoms with van der Waals surface area (Å²) in [6.07, 6.45) is 3.19. The lowest BCUT2D eigenvalue weighted by Crippen LogP contribution is -2.55. The van der Waals surface area contributed by atoms with Crippen LogP contribution in [-0.4, -0.2) is 41.1 Å². The third-order valence-electron chi connectivity index (χ3n) is 6.50. The minimum Gasteiger partial charge on any atom is -0.481 e. The molecule has 0 unspecified atom stereocenters. The van der Waals surface area contributed by atoms with E-state index in [9.17, 15) is 19.1 Å². The lowest BCUT2D eigenvalue weighted by atomic mass is 9.88. The fourth-order valence-corrected chi connectivity index (χ4v) is 4.86. The van der Waals surface area contributed by atoms with Gasteiger partial charge in [0.1, 0.15) is 18.0 Å². The molecule has 1 aliphatic heterocycles. The van der Waals surface area contributed by atoms with Crippen LogP contribution in [-0.2, 0) is 23.8 Å². The van der Waals surface area contributed by atoms with Gasteiger partial charge in [-0.05, 0) is 95.3 Å². The second-order valence-electron chi connectivity index (χ2n) is 11.8. The van der Waals surface area contributed by atoms with E-state index in [1.807, 2.05) is 32.1 Å². The van der Waals surface area contributed by atoms with Crippen molar-refractivity contribution in [2.45, 2.75) is 85.7 Å². The van der Waals surface area contributed by atoms with Crippen LogP contribution in [0.2, 0.25) is 0 Å². The first kappa shape index (κ1) is 29.5. The number of aliphatic carboxylic acids is 1. The topological polar surface area (TPSA) is 82.1 Å². The molecule has 6 nitrogen and oxygen atoms in total. The summed E-state index contributed by atoms with van der Waals surface area (Å²) in [4.78, 5) is 24.3. The van der Waals surface area contributed by atoms with Crippen LogP contribution in [0, 0.1) is 32.0 Å². The first-order valence-electron chi connectivity index (χ1n) is 12.8. The highest BCUT2D eigenvalue weighted by molar-refractivity contribution is 5.78. The Morgan fingerprint density at radius 2 is 1.82 bits per heavy atom. The molecule has 0 spiro atoms. The maximum atomic E-state index is 14.0. The van der Waals surface area contributed by atoms with Gasteiger partial charge >= 0.3 is 11.9 Å². The van der Waals surface area contributed by atoms with Crippen LogP contribution >= 0.6 is 0 Å². The van der Waals surface area contributed by atoms with E-state index in [-0.39, 0.29) is 25.3 Å². The minimum atomic E-state index is -1.26. The molecule has 3 rings (SSSR count). The quantitative estimate of drug-likeness (QED) is 0.401. The van der Waals surface area contributed by atoms with Crippen LogP contribution in [0.15, 0.2) is 36.4 Å². The largest absolute Gasteiger partial charge is 0.481 e. The molecular formula is C31H39FO6. The van der Waals surface area contributed by atoms with Crippen molar-refractivity contribution in [2.24, 2.45) is 5.41 Å². The van der Waals surface area contributed by atoms with E-state index in [0.717, 1.165) is 27.8 Å². The van der Waals surface area contributed by atoms with Crippen molar-refractivity contribution in [3.8, 4) is 11.1 Å². The first-order valence-corrected chi connectivity index (χ1v) is 12.8. The number of halogens is 1. The lowest BCUT2D eigenvalue weighted by molar-refractivity contribution is -0.332. The normalized spacial score (nSPS) is 21.4. The predicted molar refractivity (Wildman–Crippen MR) is 145 cm³/mol. The fraction of sp³-hybridized carbons (Fsp3) is 0.484. The number of carboxylic acid groups (broad SMARTS) is 1. The molecule has 2 aromatic carbocycles. The van der Waals surface area contributed by atoms with E-state index in [1.165, 1.54) is 6.07 Å². The van der Waals surface area contributed by atoms with Gasteiger partial charge in [-0.25, -0.2) is 4.39 Å². The summed E-state index contributed by atoms with van der Waals surface area (Å²) >= 11 is 0. The molecule has 0 amide bonds. The molecule has 0 bridgehead atoms. The molecule has 0 saturated carbocycles. The second kappa shape index (κ2) is 11.0. The van der Waals surface area contributed by atoms with E-state index in [0.29, 0.717) is 5.56 Å². The molecule has 0 aliphatic carbocycles.